The van der Waals surface area contributed by atoms with Gasteiger partial charge in [0.05, 0.1) is 0 Å². The predicted molar refractivity (Wildman–Crippen MR) is 74.0 cm³/mol. The SMILES string of the molecule is CC(C)[C@H](NC(=O)COc1ccc(Br)cc1)C(=O)O. The van der Waals surface area contributed by atoms with E-state index in [4.69, 9.17) is 9.84 Å². The molecule has 1 atom stereocenters. The van der Waals surface area contributed by atoms with E-state index >= 15 is 0 Å². The van der Waals surface area contributed by atoms with Crippen LogP contribution in [0.3, 0.4) is 0 Å². The Morgan fingerprint density at radius 1 is 1.32 bits per heavy atom. The van der Waals surface area contributed by atoms with Crippen LogP contribution in [0.1, 0.15) is 13.8 Å². The Balaban J connectivity index is 2.47. The van der Waals surface area contributed by atoms with Gasteiger partial charge in [0.1, 0.15) is 11.8 Å². The number of aliphatic carboxylic acids is 1. The van der Waals surface area contributed by atoms with Gasteiger partial charge < -0.3 is 15.2 Å². The molecule has 6 heteroatoms. The third kappa shape index (κ3) is 5.30. The molecular weight excluding hydrogens is 314 g/mol. The largest absolute Gasteiger partial charge is 0.484 e. The first-order chi connectivity index (χ1) is 8.90. The highest BCUT2D eigenvalue weighted by Gasteiger charge is 2.23. The average Bonchev–Trinajstić information content (AvgIpc) is 2.34. The molecule has 0 fully saturated rings. The summed E-state index contributed by atoms with van der Waals surface area (Å²) in [6.45, 7) is 3.25. The summed E-state index contributed by atoms with van der Waals surface area (Å²) in [7, 11) is 0. The maximum atomic E-state index is 11.6. The Labute approximate surface area is 120 Å². The van der Waals surface area contributed by atoms with Crippen LogP contribution in [0.15, 0.2) is 28.7 Å². The quantitative estimate of drug-likeness (QED) is 0.837. The second-order valence-corrected chi connectivity index (χ2v) is 5.29. The lowest BCUT2D eigenvalue weighted by atomic mass is 10.1. The van der Waals surface area contributed by atoms with Gasteiger partial charge in [0.15, 0.2) is 6.61 Å². The van der Waals surface area contributed by atoms with Gasteiger partial charge in [-0.3, -0.25) is 4.79 Å². The Hall–Kier alpha value is -1.56. The van der Waals surface area contributed by atoms with Gasteiger partial charge in [-0.25, -0.2) is 4.79 Å². The molecule has 19 heavy (non-hydrogen) atoms. The molecule has 0 radical (unpaired) electrons. The molecule has 0 unspecified atom stereocenters. The molecule has 0 spiro atoms. The van der Waals surface area contributed by atoms with Crippen molar-refractivity contribution in [2.24, 2.45) is 5.92 Å². The Kier molecular flexibility index (Phi) is 5.82. The van der Waals surface area contributed by atoms with Crippen LogP contribution in [0.5, 0.6) is 5.75 Å². The molecule has 2 N–H and O–H groups in total. The highest BCUT2D eigenvalue weighted by atomic mass is 79.9. The number of carboxylic acid groups (broad SMARTS) is 1. The van der Waals surface area contributed by atoms with Crippen molar-refractivity contribution in [2.75, 3.05) is 6.61 Å². The summed E-state index contributed by atoms with van der Waals surface area (Å²) in [5.41, 5.74) is 0. The molecule has 0 saturated heterocycles. The van der Waals surface area contributed by atoms with E-state index in [0.29, 0.717) is 5.75 Å². The topological polar surface area (TPSA) is 75.6 Å². The molecule has 0 aliphatic rings. The molecule has 0 bridgehead atoms. The summed E-state index contributed by atoms with van der Waals surface area (Å²) in [5, 5.41) is 11.4. The second kappa shape index (κ2) is 7.13. The molecule has 1 rings (SSSR count). The zero-order valence-corrected chi connectivity index (χ0v) is 12.3. The van der Waals surface area contributed by atoms with Crippen molar-refractivity contribution in [3.8, 4) is 5.75 Å². The zero-order chi connectivity index (χ0) is 14.4. The number of ether oxygens (including phenoxy) is 1. The van der Waals surface area contributed by atoms with E-state index in [1.165, 1.54) is 0 Å². The minimum atomic E-state index is -1.05. The molecule has 1 amide bonds. The number of benzene rings is 1. The van der Waals surface area contributed by atoms with Gasteiger partial charge >= 0.3 is 5.97 Å². The van der Waals surface area contributed by atoms with Crippen molar-refractivity contribution < 1.29 is 19.4 Å². The summed E-state index contributed by atoms with van der Waals surface area (Å²) in [6, 6.07) is 6.12. The van der Waals surface area contributed by atoms with Crippen molar-refractivity contribution in [3.63, 3.8) is 0 Å². The Morgan fingerprint density at radius 3 is 2.37 bits per heavy atom. The fraction of sp³-hybridized carbons (Fsp3) is 0.385. The van der Waals surface area contributed by atoms with Crippen LogP contribution in [0.25, 0.3) is 0 Å². The lowest BCUT2D eigenvalue weighted by Crippen LogP contribution is -2.46. The number of carbonyl (C=O) groups is 2. The predicted octanol–water partition coefficient (Wildman–Crippen LogP) is 2.05. The maximum Gasteiger partial charge on any atom is 0.326 e. The van der Waals surface area contributed by atoms with E-state index < -0.39 is 17.9 Å². The third-order valence-electron chi connectivity index (χ3n) is 2.43. The summed E-state index contributed by atoms with van der Waals surface area (Å²) in [5.74, 6) is -1.14. The Bertz CT molecular complexity index is 444. The van der Waals surface area contributed by atoms with Crippen molar-refractivity contribution in [3.05, 3.63) is 28.7 Å². The third-order valence-corrected chi connectivity index (χ3v) is 2.96. The van der Waals surface area contributed by atoms with E-state index in [2.05, 4.69) is 21.2 Å². The van der Waals surface area contributed by atoms with Gasteiger partial charge in [0.25, 0.3) is 5.91 Å². The van der Waals surface area contributed by atoms with Crippen molar-refractivity contribution in [1.82, 2.24) is 5.32 Å². The fourth-order valence-corrected chi connectivity index (χ4v) is 1.67. The molecule has 5 nitrogen and oxygen atoms in total. The van der Waals surface area contributed by atoms with E-state index in [-0.39, 0.29) is 12.5 Å². The molecule has 0 heterocycles. The van der Waals surface area contributed by atoms with Crippen LogP contribution in [0, 0.1) is 5.92 Å². The number of rotatable bonds is 6. The standard InChI is InChI=1S/C13H16BrNO4/c1-8(2)12(13(17)18)15-11(16)7-19-10-5-3-9(14)4-6-10/h3-6,8,12H,7H2,1-2H3,(H,15,16)(H,17,18)/t12-/m0/s1. The van der Waals surface area contributed by atoms with Crippen molar-refractivity contribution in [1.29, 1.82) is 0 Å². The Morgan fingerprint density at radius 2 is 1.89 bits per heavy atom. The summed E-state index contributed by atoms with van der Waals surface area (Å²) in [4.78, 5) is 22.5. The van der Waals surface area contributed by atoms with Crippen molar-refractivity contribution >= 4 is 27.8 Å². The molecule has 0 saturated carbocycles. The number of carbonyl (C=O) groups excluding carboxylic acids is 1. The summed E-state index contributed by atoms with van der Waals surface area (Å²) < 4.78 is 6.17. The first kappa shape index (κ1) is 15.5. The van der Waals surface area contributed by atoms with Crippen LogP contribution in [0.2, 0.25) is 0 Å². The minimum Gasteiger partial charge on any atom is -0.484 e. The van der Waals surface area contributed by atoms with Crippen LogP contribution in [-0.2, 0) is 9.59 Å². The number of halogens is 1. The van der Waals surface area contributed by atoms with Crippen LogP contribution >= 0.6 is 15.9 Å². The second-order valence-electron chi connectivity index (χ2n) is 4.37. The fourth-order valence-electron chi connectivity index (χ4n) is 1.41. The number of amides is 1. The van der Waals surface area contributed by atoms with Crippen LogP contribution < -0.4 is 10.1 Å². The maximum absolute atomic E-state index is 11.6. The smallest absolute Gasteiger partial charge is 0.326 e. The first-order valence-corrected chi connectivity index (χ1v) is 6.60. The van der Waals surface area contributed by atoms with E-state index in [1.807, 2.05) is 0 Å². The number of carboxylic acids is 1. The molecule has 1 aromatic rings. The molecular formula is C13H16BrNO4. The van der Waals surface area contributed by atoms with Gasteiger partial charge in [0.2, 0.25) is 0 Å². The van der Waals surface area contributed by atoms with E-state index in [1.54, 1.807) is 38.1 Å². The number of hydrogen-bond acceptors (Lipinski definition) is 3. The van der Waals surface area contributed by atoms with Gasteiger partial charge in [-0.1, -0.05) is 29.8 Å². The minimum absolute atomic E-state index is 0.186. The van der Waals surface area contributed by atoms with Gasteiger partial charge in [0, 0.05) is 4.47 Å². The van der Waals surface area contributed by atoms with Gasteiger partial charge in [-0.05, 0) is 30.2 Å². The van der Waals surface area contributed by atoms with Gasteiger partial charge in [-0.15, -0.1) is 0 Å². The summed E-state index contributed by atoms with van der Waals surface area (Å²) >= 11 is 3.29. The lowest BCUT2D eigenvalue weighted by Gasteiger charge is -2.17. The highest BCUT2D eigenvalue weighted by molar-refractivity contribution is 9.10. The number of hydrogen-bond donors (Lipinski definition) is 2. The lowest BCUT2D eigenvalue weighted by molar-refractivity contribution is -0.143. The first-order valence-electron chi connectivity index (χ1n) is 5.80. The zero-order valence-electron chi connectivity index (χ0n) is 10.7. The monoisotopic (exact) mass is 329 g/mol. The van der Waals surface area contributed by atoms with E-state index in [9.17, 15) is 9.59 Å². The average molecular weight is 330 g/mol. The highest BCUT2D eigenvalue weighted by Crippen LogP contribution is 2.15. The normalized spacial score (nSPS) is 12.0. The van der Waals surface area contributed by atoms with E-state index in [0.717, 1.165) is 4.47 Å². The molecule has 0 aliphatic carbocycles. The summed E-state index contributed by atoms with van der Waals surface area (Å²) in [6.07, 6.45) is 0. The molecule has 0 aromatic heterocycles. The van der Waals surface area contributed by atoms with Crippen LogP contribution in [0.4, 0.5) is 0 Å². The molecule has 1 aromatic carbocycles. The number of nitrogens with one attached hydrogen (secondary N) is 1. The van der Waals surface area contributed by atoms with Crippen LogP contribution in [-0.4, -0.2) is 29.6 Å². The molecule has 104 valence electrons. The van der Waals surface area contributed by atoms with Gasteiger partial charge in [-0.2, -0.15) is 0 Å². The van der Waals surface area contributed by atoms with Crippen molar-refractivity contribution in [2.45, 2.75) is 19.9 Å². The molecule has 0 aliphatic heterocycles.